The first-order chi connectivity index (χ1) is 7.16. The number of pyridine rings is 1. The van der Waals surface area contributed by atoms with E-state index in [1.165, 1.54) is 6.20 Å². The molecule has 0 amide bonds. The molecule has 2 atom stereocenters. The number of nitrogens with zero attached hydrogens (tertiary/aromatic N) is 4. The molecule has 0 aliphatic heterocycles. The molecule has 0 saturated carbocycles. The number of aliphatic hydroxyl groups is 2. The maximum absolute atomic E-state index is 9.72. The normalized spacial score (nSPS) is 14.1. The second kappa shape index (κ2) is 5.31. The number of hydrogen-bond donors (Lipinski definition) is 2. The molecule has 1 aromatic rings. The predicted molar refractivity (Wildman–Crippen MR) is 54.0 cm³/mol. The van der Waals surface area contributed by atoms with E-state index in [0.717, 1.165) is 5.56 Å². The summed E-state index contributed by atoms with van der Waals surface area (Å²) < 4.78 is 0. The minimum Gasteiger partial charge on any atom is -0.390 e. The van der Waals surface area contributed by atoms with E-state index in [1.807, 2.05) is 0 Å². The van der Waals surface area contributed by atoms with Gasteiger partial charge in [-0.3, -0.25) is 4.98 Å². The molecule has 6 nitrogen and oxygen atoms in total. The first-order valence-corrected chi connectivity index (χ1v) is 4.44. The number of rotatable bonds is 4. The highest BCUT2D eigenvalue weighted by atomic mass is 16.3. The van der Waals surface area contributed by atoms with Gasteiger partial charge in [-0.2, -0.15) is 0 Å². The van der Waals surface area contributed by atoms with Gasteiger partial charge in [0.15, 0.2) is 0 Å². The summed E-state index contributed by atoms with van der Waals surface area (Å²) in [6.07, 6.45) is 0.901. The molecule has 0 spiro atoms. The van der Waals surface area contributed by atoms with Crippen molar-refractivity contribution in [2.45, 2.75) is 19.1 Å². The Balaban J connectivity index is 2.79. The number of hydrogen-bond acceptors (Lipinski definition) is 4. The van der Waals surface area contributed by atoms with Crippen LogP contribution in [0.2, 0.25) is 0 Å². The van der Waals surface area contributed by atoms with Crippen molar-refractivity contribution in [2.75, 3.05) is 6.54 Å². The maximum atomic E-state index is 9.72. The van der Waals surface area contributed by atoms with Crippen LogP contribution in [0.1, 0.15) is 17.2 Å². The fourth-order valence-electron chi connectivity index (χ4n) is 1.21. The Hall–Kier alpha value is -1.62. The molecule has 0 radical (unpaired) electrons. The minimum absolute atomic E-state index is 0.161. The van der Waals surface area contributed by atoms with Gasteiger partial charge in [-0.15, -0.1) is 0 Å². The molecule has 0 fully saturated rings. The lowest BCUT2D eigenvalue weighted by atomic mass is 10.0. The van der Waals surface area contributed by atoms with Crippen LogP contribution in [0.25, 0.3) is 10.4 Å². The van der Waals surface area contributed by atoms with Crippen molar-refractivity contribution in [3.05, 3.63) is 40.0 Å². The lowest BCUT2D eigenvalue weighted by Crippen LogP contribution is -2.22. The maximum Gasteiger partial charge on any atom is 0.107 e. The molecule has 2 unspecified atom stereocenters. The number of aromatic nitrogens is 1. The third kappa shape index (κ3) is 2.92. The lowest BCUT2D eigenvalue weighted by molar-refractivity contribution is 0.0238. The van der Waals surface area contributed by atoms with Crippen LogP contribution in [0.4, 0.5) is 0 Å². The molecule has 1 rings (SSSR count). The smallest absolute Gasteiger partial charge is 0.107 e. The van der Waals surface area contributed by atoms with Crippen LogP contribution in [0.15, 0.2) is 23.6 Å². The Bertz CT molecular complexity index is 376. The standard InChI is InChI=1S/C9H12N4O2/c1-6-2-3-11-4-7(6)9(15)8(14)5-12-13-10/h2-4,8-9,14-15H,5H2,1H3. The molecule has 1 heterocycles. The van der Waals surface area contributed by atoms with Crippen LogP contribution in [0.5, 0.6) is 0 Å². The fraction of sp³-hybridized carbons (Fsp3) is 0.444. The van der Waals surface area contributed by atoms with Crippen molar-refractivity contribution in [3.8, 4) is 0 Å². The average Bonchev–Trinajstić information content (AvgIpc) is 2.25. The van der Waals surface area contributed by atoms with E-state index in [2.05, 4.69) is 15.0 Å². The van der Waals surface area contributed by atoms with Gasteiger partial charge in [-0.25, -0.2) is 0 Å². The molecule has 15 heavy (non-hydrogen) atoms. The SMILES string of the molecule is Cc1ccncc1C(O)C(O)CN=[N+]=[N-]. The molecular formula is C9H12N4O2. The van der Waals surface area contributed by atoms with Gasteiger partial charge in [-0.1, -0.05) is 5.11 Å². The Labute approximate surface area is 86.8 Å². The van der Waals surface area contributed by atoms with Crippen LogP contribution in [-0.4, -0.2) is 27.8 Å². The molecule has 6 heteroatoms. The lowest BCUT2D eigenvalue weighted by Gasteiger charge is -2.17. The minimum atomic E-state index is -1.11. The van der Waals surface area contributed by atoms with Gasteiger partial charge in [-0.05, 0) is 24.1 Å². The summed E-state index contributed by atoms with van der Waals surface area (Å²) in [5, 5.41) is 22.4. The van der Waals surface area contributed by atoms with Gasteiger partial charge in [0.2, 0.25) is 0 Å². The summed E-state index contributed by atoms with van der Waals surface area (Å²) in [6.45, 7) is 1.65. The van der Waals surface area contributed by atoms with Gasteiger partial charge >= 0.3 is 0 Å². The molecule has 0 aromatic carbocycles. The highest BCUT2D eigenvalue weighted by Crippen LogP contribution is 2.19. The predicted octanol–water partition coefficient (Wildman–Crippen LogP) is 1.09. The van der Waals surface area contributed by atoms with Crippen LogP contribution < -0.4 is 0 Å². The second-order valence-corrected chi connectivity index (χ2v) is 3.16. The van der Waals surface area contributed by atoms with Crippen LogP contribution in [-0.2, 0) is 0 Å². The third-order valence-corrected chi connectivity index (χ3v) is 2.09. The summed E-state index contributed by atoms with van der Waals surface area (Å²) in [7, 11) is 0. The molecule has 0 aliphatic carbocycles. The molecule has 80 valence electrons. The average molecular weight is 208 g/mol. The molecule has 1 aromatic heterocycles. The van der Waals surface area contributed by atoms with Crippen molar-refractivity contribution < 1.29 is 10.2 Å². The first-order valence-electron chi connectivity index (χ1n) is 4.44. The monoisotopic (exact) mass is 208 g/mol. The largest absolute Gasteiger partial charge is 0.390 e. The quantitative estimate of drug-likeness (QED) is 0.440. The zero-order chi connectivity index (χ0) is 11.3. The van der Waals surface area contributed by atoms with E-state index in [0.29, 0.717) is 5.56 Å². The first kappa shape index (κ1) is 11.5. The van der Waals surface area contributed by atoms with Crippen LogP contribution in [0.3, 0.4) is 0 Å². The van der Waals surface area contributed by atoms with Crippen LogP contribution in [0, 0.1) is 6.92 Å². The van der Waals surface area contributed by atoms with Crippen molar-refractivity contribution in [1.29, 1.82) is 0 Å². The van der Waals surface area contributed by atoms with E-state index < -0.39 is 12.2 Å². The Morgan fingerprint density at radius 1 is 1.60 bits per heavy atom. The number of aryl methyl sites for hydroxylation is 1. The number of aliphatic hydroxyl groups excluding tert-OH is 2. The molecular weight excluding hydrogens is 196 g/mol. The highest BCUT2D eigenvalue weighted by Gasteiger charge is 2.19. The van der Waals surface area contributed by atoms with Gasteiger partial charge in [0.05, 0.1) is 12.6 Å². The van der Waals surface area contributed by atoms with E-state index >= 15 is 0 Å². The molecule has 0 bridgehead atoms. The van der Waals surface area contributed by atoms with Gasteiger partial charge in [0.1, 0.15) is 6.10 Å². The zero-order valence-corrected chi connectivity index (χ0v) is 8.28. The van der Waals surface area contributed by atoms with Crippen LogP contribution >= 0.6 is 0 Å². The Kier molecular flexibility index (Phi) is 4.05. The summed E-state index contributed by atoms with van der Waals surface area (Å²) in [5.41, 5.74) is 9.45. The molecule has 0 aliphatic rings. The summed E-state index contributed by atoms with van der Waals surface area (Å²) in [4.78, 5) is 6.37. The van der Waals surface area contributed by atoms with Crippen molar-refractivity contribution in [3.63, 3.8) is 0 Å². The van der Waals surface area contributed by atoms with Gasteiger partial charge < -0.3 is 10.2 Å². The number of azide groups is 1. The van der Waals surface area contributed by atoms with E-state index in [-0.39, 0.29) is 6.54 Å². The summed E-state index contributed by atoms with van der Waals surface area (Å²) in [5.74, 6) is 0. The van der Waals surface area contributed by atoms with Crippen molar-refractivity contribution in [1.82, 2.24) is 4.98 Å². The summed E-state index contributed by atoms with van der Waals surface area (Å²) in [6, 6.07) is 1.73. The molecule has 0 saturated heterocycles. The van der Waals surface area contributed by atoms with E-state index in [1.54, 1.807) is 19.2 Å². The van der Waals surface area contributed by atoms with Crippen molar-refractivity contribution in [2.24, 2.45) is 5.11 Å². The Morgan fingerprint density at radius 2 is 2.33 bits per heavy atom. The topological polar surface area (TPSA) is 102 Å². The van der Waals surface area contributed by atoms with Crippen molar-refractivity contribution >= 4 is 0 Å². The van der Waals surface area contributed by atoms with Gasteiger partial charge in [0.25, 0.3) is 0 Å². The third-order valence-electron chi connectivity index (χ3n) is 2.09. The van der Waals surface area contributed by atoms with Gasteiger partial charge in [0, 0.05) is 22.9 Å². The fourth-order valence-corrected chi connectivity index (χ4v) is 1.21. The zero-order valence-electron chi connectivity index (χ0n) is 8.28. The van der Waals surface area contributed by atoms with E-state index in [4.69, 9.17) is 5.53 Å². The second-order valence-electron chi connectivity index (χ2n) is 3.16. The van der Waals surface area contributed by atoms with E-state index in [9.17, 15) is 10.2 Å². The molecule has 2 N–H and O–H groups in total. The Morgan fingerprint density at radius 3 is 2.93 bits per heavy atom. The highest BCUT2D eigenvalue weighted by molar-refractivity contribution is 5.24. The summed E-state index contributed by atoms with van der Waals surface area (Å²) >= 11 is 0.